The maximum atomic E-state index is 6.37. The molecule has 0 aliphatic carbocycles. The van der Waals surface area contributed by atoms with Gasteiger partial charge < -0.3 is 9.31 Å². The second-order valence-corrected chi connectivity index (χ2v) is 9.64. The van der Waals surface area contributed by atoms with Crippen LogP contribution < -0.4 is 0 Å². The molecule has 0 amide bonds. The molecule has 1 radical (unpaired) electrons. The summed E-state index contributed by atoms with van der Waals surface area (Å²) in [6.45, 7) is 21.9. The van der Waals surface area contributed by atoms with E-state index in [9.17, 15) is 0 Å². The third kappa shape index (κ3) is 10.8. The fourth-order valence-electron chi connectivity index (χ4n) is 2.05. The van der Waals surface area contributed by atoms with Crippen molar-refractivity contribution in [2.24, 2.45) is 17.8 Å². The molecule has 22 heavy (non-hydrogen) atoms. The van der Waals surface area contributed by atoms with Crippen LogP contribution in [0.4, 0.5) is 0 Å². The normalized spacial score (nSPS) is 14.7. The van der Waals surface area contributed by atoms with Gasteiger partial charge in [-0.3, -0.25) is 0 Å². The Labute approximate surface area is 154 Å². The first-order valence-corrected chi connectivity index (χ1v) is 11.7. The molecule has 0 aliphatic rings. The molecule has 0 aromatic rings. The number of hydrogen-bond acceptors (Lipinski definition) is 2. The van der Waals surface area contributed by atoms with Crippen molar-refractivity contribution in [2.45, 2.75) is 86.8 Å². The summed E-state index contributed by atoms with van der Waals surface area (Å²) in [5, 5.41) is 0. The van der Waals surface area contributed by atoms with E-state index in [0.29, 0.717) is 23.6 Å². The van der Waals surface area contributed by atoms with Crippen LogP contribution in [0.15, 0.2) is 0 Å². The zero-order valence-corrected chi connectivity index (χ0v) is 18.8. The Hall–Kier alpha value is 1.10. The van der Waals surface area contributed by atoms with Crippen molar-refractivity contribution in [3.05, 3.63) is 0 Å². The van der Waals surface area contributed by atoms with Crippen molar-refractivity contribution in [1.82, 2.24) is 0 Å². The largest absolute Gasteiger partial charge is 0.495 e. The Morgan fingerprint density at radius 3 is 1.55 bits per heavy atom. The van der Waals surface area contributed by atoms with Crippen LogP contribution in [0.5, 0.6) is 0 Å². The lowest BCUT2D eigenvalue weighted by Crippen LogP contribution is -2.45. The molecule has 0 heterocycles. The van der Waals surface area contributed by atoms with E-state index in [1.165, 1.54) is 0 Å². The maximum absolute atomic E-state index is 6.37. The van der Waals surface area contributed by atoms with Gasteiger partial charge in [0.15, 0.2) is 0 Å². The van der Waals surface area contributed by atoms with Crippen molar-refractivity contribution >= 4 is 40.6 Å². The predicted molar refractivity (Wildman–Crippen MR) is 103 cm³/mol. The van der Waals surface area contributed by atoms with Gasteiger partial charge in [-0.15, -0.1) is 0 Å². The minimum absolute atomic E-state index is 0.129. The Balaban J connectivity index is 0. The number of halogens is 2. The third-order valence-corrected chi connectivity index (χ3v) is 4.40. The van der Waals surface area contributed by atoms with E-state index in [4.69, 9.17) is 29.4 Å². The standard InChI is InChI=1S/C16H35BO2.Al.2ClH/c1-11(2)14(7)16(9,10)19-17(18-13(5)6)15(8)12(3)4;;;/h11-15H,1-10H3;;2*1H/q;+2;;/p-2. The molecular weight excluding hydrogens is 333 g/mol. The highest BCUT2D eigenvalue weighted by Gasteiger charge is 2.38. The lowest BCUT2D eigenvalue weighted by Gasteiger charge is -2.39. The summed E-state index contributed by atoms with van der Waals surface area (Å²) in [5.74, 6) is 2.03. The predicted octanol–water partition coefficient (Wildman–Crippen LogP) is 6.03. The molecule has 6 heteroatoms. The average molecular weight is 368 g/mol. The van der Waals surface area contributed by atoms with Gasteiger partial charge >= 0.3 is 20.5 Å². The number of rotatable bonds is 8. The monoisotopic (exact) mass is 367 g/mol. The molecule has 0 bridgehead atoms. The lowest BCUT2D eigenvalue weighted by molar-refractivity contribution is -0.00648. The zero-order chi connectivity index (χ0) is 18.1. The Morgan fingerprint density at radius 2 is 1.27 bits per heavy atom. The second-order valence-electron chi connectivity index (χ2n) is 7.49. The van der Waals surface area contributed by atoms with Crippen LogP contribution in [0.2, 0.25) is 5.82 Å². The van der Waals surface area contributed by atoms with Gasteiger partial charge in [-0.2, -0.15) is 0 Å². The minimum Gasteiger partial charge on any atom is -0.409 e. The van der Waals surface area contributed by atoms with Gasteiger partial charge in [0.25, 0.3) is 0 Å². The maximum Gasteiger partial charge on any atom is 0.495 e. The first-order chi connectivity index (χ1) is 9.90. The Kier molecular flexibility index (Phi) is 14.3. The van der Waals surface area contributed by atoms with E-state index in [1.807, 2.05) is 0 Å². The van der Waals surface area contributed by atoms with Crippen LogP contribution >= 0.6 is 20.1 Å². The summed E-state index contributed by atoms with van der Waals surface area (Å²) in [5.41, 5.74) is -0.170. The third-order valence-electron chi connectivity index (χ3n) is 4.40. The highest BCUT2D eigenvalue weighted by Crippen LogP contribution is 2.32. The highest BCUT2D eigenvalue weighted by atomic mass is 35.7. The highest BCUT2D eigenvalue weighted by molar-refractivity contribution is 7.22. The summed E-state index contributed by atoms with van der Waals surface area (Å²) in [4.78, 5) is 0. The van der Waals surface area contributed by atoms with Crippen LogP contribution in [0.25, 0.3) is 0 Å². The van der Waals surface area contributed by atoms with Gasteiger partial charge in [0, 0.05) is 6.10 Å². The molecule has 0 aliphatic heterocycles. The van der Waals surface area contributed by atoms with Crippen LogP contribution in [-0.4, -0.2) is 32.2 Å². The molecule has 0 N–H and O–H groups in total. The molecule has 2 atom stereocenters. The van der Waals surface area contributed by atoms with E-state index in [0.717, 1.165) is 0 Å². The van der Waals surface area contributed by atoms with Gasteiger partial charge in [0.1, 0.15) is 0 Å². The first-order valence-electron chi connectivity index (χ1n) is 8.26. The van der Waals surface area contributed by atoms with Gasteiger partial charge in [0.2, 0.25) is 0 Å². The fraction of sp³-hybridized carbons (Fsp3) is 1.00. The van der Waals surface area contributed by atoms with Crippen molar-refractivity contribution in [2.75, 3.05) is 0 Å². The molecule has 0 aromatic heterocycles. The lowest BCUT2D eigenvalue weighted by atomic mass is 9.65. The van der Waals surface area contributed by atoms with Gasteiger partial charge in [-0.05, 0) is 51.3 Å². The SMILES string of the molecule is CC(C)OB(OC(C)(C)C(C)C(C)C)C(C)C(C)C.[Cl][Al][Cl]. The van der Waals surface area contributed by atoms with Gasteiger partial charge in [0.05, 0.1) is 5.60 Å². The molecule has 2 nitrogen and oxygen atoms in total. The molecule has 0 aromatic carbocycles. The summed E-state index contributed by atoms with van der Waals surface area (Å²) < 4.78 is 12.4. The van der Waals surface area contributed by atoms with E-state index in [1.54, 1.807) is 0 Å². The Bertz CT molecular complexity index is 277. The average Bonchev–Trinajstić information content (AvgIpc) is 2.35. The van der Waals surface area contributed by atoms with Crippen LogP contribution in [0, 0.1) is 17.8 Å². The second kappa shape index (κ2) is 12.5. The summed E-state index contributed by atoms with van der Waals surface area (Å²) in [7, 11) is 9.57. The number of hydrogen-bond donors (Lipinski definition) is 0. The van der Waals surface area contributed by atoms with Crippen molar-refractivity contribution < 1.29 is 9.31 Å². The summed E-state index contributed by atoms with van der Waals surface area (Å²) in [6.07, 6.45) is 0.191. The quantitative estimate of drug-likeness (QED) is 0.487. The summed E-state index contributed by atoms with van der Waals surface area (Å²) in [6, 6.07) is 0. The fourth-order valence-corrected chi connectivity index (χ4v) is 2.05. The topological polar surface area (TPSA) is 18.5 Å². The Morgan fingerprint density at radius 1 is 0.864 bits per heavy atom. The van der Waals surface area contributed by atoms with E-state index >= 15 is 0 Å². The van der Waals surface area contributed by atoms with Crippen LogP contribution in [0.1, 0.15) is 69.2 Å². The van der Waals surface area contributed by atoms with Gasteiger partial charge in [-0.25, -0.2) is 20.1 Å². The molecule has 131 valence electrons. The molecule has 0 saturated heterocycles. The van der Waals surface area contributed by atoms with Gasteiger partial charge in [-0.1, -0.05) is 41.5 Å². The van der Waals surface area contributed by atoms with Crippen LogP contribution in [0.3, 0.4) is 0 Å². The molecule has 2 unspecified atom stereocenters. The molecule has 0 saturated carbocycles. The van der Waals surface area contributed by atoms with Crippen molar-refractivity contribution in [3.63, 3.8) is 0 Å². The first kappa shape index (κ1) is 25.3. The molecule has 0 spiro atoms. The minimum atomic E-state index is -0.306. The molecule has 0 fully saturated rings. The van der Waals surface area contributed by atoms with E-state index in [-0.39, 0.29) is 32.2 Å². The molecule has 0 rings (SSSR count). The van der Waals surface area contributed by atoms with Crippen molar-refractivity contribution in [1.29, 1.82) is 0 Å². The molecular formula is C16H35AlBCl2O2. The zero-order valence-electron chi connectivity index (χ0n) is 16.1. The van der Waals surface area contributed by atoms with Crippen LogP contribution in [-0.2, 0) is 9.31 Å². The summed E-state index contributed by atoms with van der Waals surface area (Å²) >= 11 is -0.306. The smallest absolute Gasteiger partial charge is 0.409 e. The van der Waals surface area contributed by atoms with E-state index in [2.05, 4.69) is 69.2 Å². The van der Waals surface area contributed by atoms with Crippen molar-refractivity contribution in [3.8, 4) is 0 Å². The van der Waals surface area contributed by atoms with E-state index < -0.39 is 0 Å².